The molecule has 1 aliphatic rings. The van der Waals surface area contributed by atoms with Crippen LogP contribution in [0.15, 0.2) is 36.1 Å². The van der Waals surface area contributed by atoms with Crippen molar-refractivity contribution in [2.24, 2.45) is 13.0 Å². The van der Waals surface area contributed by atoms with Gasteiger partial charge in [0.1, 0.15) is 0 Å². The third kappa shape index (κ3) is 2.96. The lowest BCUT2D eigenvalue weighted by Gasteiger charge is -2.31. The molecule has 0 saturated carbocycles. The molecule has 3 aromatic rings. The Morgan fingerprint density at radius 1 is 1.38 bits per heavy atom. The van der Waals surface area contributed by atoms with E-state index in [4.69, 9.17) is 0 Å². The van der Waals surface area contributed by atoms with Crippen LogP contribution >= 0.6 is 11.3 Å². The molecule has 0 radical (unpaired) electrons. The number of likely N-dealkylation sites (tertiary alicyclic amines) is 1. The second kappa shape index (κ2) is 6.87. The molecule has 1 saturated heterocycles. The maximum atomic E-state index is 13.0. The average molecular weight is 369 g/mol. The van der Waals surface area contributed by atoms with Gasteiger partial charge in [-0.15, -0.1) is 11.3 Å². The number of amides is 1. The van der Waals surface area contributed by atoms with Crippen molar-refractivity contribution in [1.82, 2.24) is 24.6 Å². The fourth-order valence-electron chi connectivity index (χ4n) is 3.39. The van der Waals surface area contributed by atoms with Crippen LogP contribution < -0.4 is 0 Å². The third-order valence-corrected chi connectivity index (χ3v) is 5.65. The molecule has 1 atom stereocenters. The van der Waals surface area contributed by atoms with Gasteiger partial charge in [0, 0.05) is 38.4 Å². The number of piperidine rings is 1. The molecule has 1 N–H and O–H groups in total. The van der Waals surface area contributed by atoms with E-state index in [1.807, 2.05) is 24.6 Å². The molecule has 1 fully saturated rings. The number of ketones is 1. The standard InChI is InChI=1S/C18H19N5O2S/c1-22-8-6-19-17(22)16(24)12-4-2-7-23(11-12)18(25)13-10-20-21-15(13)14-5-3-9-26-14/h3,5-6,8-10,12H,2,4,7,11H2,1H3,(H,20,21). The van der Waals surface area contributed by atoms with E-state index in [2.05, 4.69) is 15.2 Å². The lowest BCUT2D eigenvalue weighted by atomic mass is 9.93. The first kappa shape index (κ1) is 16.7. The number of thiophene rings is 1. The summed E-state index contributed by atoms with van der Waals surface area (Å²) in [5.74, 6) is 0.151. The minimum absolute atomic E-state index is 0.000624. The molecule has 8 heteroatoms. The molecular weight excluding hydrogens is 350 g/mol. The summed E-state index contributed by atoms with van der Waals surface area (Å²) in [5.41, 5.74) is 1.29. The molecule has 0 aliphatic carbocycles. The van der Waals surface area contributed by atoms with Crippen LogP contribution in [0.25, 0.3) is 10.6 Å². The van der Waals surface area contributed by atoms with Crippen molar-refractivity contribution in [1.29, 1.82) is 0 Å². The minimum atomic E-state index is -0.217. The van der Waals surface area contributed by atoms with E-state index in [0.717, 1.165) is 23.4 Å². The Morgan fingerprint density at radius 3 is 3.00 bits per heavy atom. The summed E-state index contributed by atoms with van der Waals surface area (Å²) in [6, 6.07) is 3.90. The Labute approximate surface area is 154 Å². The highest BCUT2D eigenvalue weighted by Crippen LogP contribution is 2.28. The molecule has 3 aromatic heterocycles. The van der Waals surface area contributed by atoms with Gasteiger partial charge in [-0.05, 0) is 24.3 Å². The van der Waals surface area contributed by atoms with Crippen LogP contribution in [-0.2, 0) is 7.05 Å². The fourth-order valence-corrected chi connectivity index (χ4v) is 4.12. The van der Waals surface area contributed by atoms with Crippen LogP contribution in [0.2, 0.25) is 0 Å². The molecule has 0 aromatic carbocycles. The largest absolute Gasteiger partial charge is 0.338 e. The Hall–Kier alpha value is -2.74. The first-order valence-electron chi connectivity index (χ1n) is 8.53. The number of nitrogens with zero attached hydrogens (tertiary/aromatic N) is 4. The molecule has 0 spiro atoms. The van der Waals surface area contributed by atoms with Gasteiger partial charge in [-0.25, -0.2) is 4.98 Å². The van der Waals surface area contributed by atoms with Gasteiger partial charge in [0.2, 0.25) is 5.78 Å². The maximum absolute atomic E-state index is 13.0. The van der Waals surface area contributed by atoms with Crippen LogP contribution in [0.3, 0.4) is 0 Å². The summed E-state index contributed by atoms with van der Waals surface area (Å²) in [6.45, 7) is 1.07. The number of aryl methyl sites for hydroxylation is 1. The summed E-state index contributed by atoms with van der Waals surface area (Å²) in [7, 11) is 1.81. The lowest BCUT2D eigenvalue weighted by Crippen LogP contribution is -2.42. The second-order valence-electron chi connectivity index (χ2n) is 6.45. The molecule has 134 valence electrons. The summed E-state index contributed by atoms with van der Waals surface area (Å²) < 4.78 is 1.73. The second-order valence-corrected chi connectivity index (χ2v) is 7.40. The van der Waals surface area contributed by atoms with E-state index < -0.39 is 0 Å². The third-order valence-electron chi connectivity index (χ3n) is 4.76. The molecule has 1 amide bonds. The summed E-state index contributed by atoms with van der Waals surface area (Å²) >= 11 is 1.56. The number of hydrogen-bond acceptors (Lipinski definition) is 5. The molecule has 0 bridgehead atoms. The van der Waals surface area contributed by atoms with Gasteiger partial charge in [0.25, 0.3) is 5.91 Å². The van der Waals surface area contributed by atoms with Crippen LogP contribution in [-0.4, -0.2) is 49.4 Å². The number of carbonyl (C=O) groups excluding carboxylic acids is 2. The quantitative estimate of drug-likeness (QED) is 0.717. The van der Waals surface area contributed by atoms with Crippen LogP contribution in [0.1, 0.15) is 33.8 Å². The number of imidazole rings is 1. The summed E-state index contributed by atoms with van der Waals surface area (Å²) in [4.78, 5) is 32.7. The van der Waals surface area contributed by atoms with E-state index in [-0.39, 0.29) is 17.6 Å². The Morgan fingerprint density at radius 2 is 2.27 bits per heavy atom. The van der Waals surface area contributed by atoms with Crippen molar-refractivity contribution in [2.45, 2.75) is 12.8 Å². The summed E-state index contributed by atoms with van der Waals surface area (Å²) in [6.07, 6.45) is 6.54. The zero-order valence-corrected chi connectivity index (χ0v) is 15.2. The highest BCUT2D eigenvalue weighted by molar-refractivity contribution is 7.13. The van der Waals surface area contributed by atoms with Crippen LogP contribution in [0, 0.1) is 5.92 Å². The normalized spacial score (nSPS) is 17.4. The van der Waals surface area contributed by atoms with Crippen LogP contribution in [0.5, 0.6) is 0 Å². The molecule has 4 heterocycles. The van der Waals surface area contributed by atoms with Gasteiger partial charge in [0.15, 0.2) is 5.82 Å². The molecule has 1 unspecified atom stereocenters. The Bertz CT molecular complexity index is 927. The SMILES string of the molecule is Cn1ccnc1C(=O)C1CCCN(C(=O)c2cn[nH]c2-c2cccs2)C1. The maximum Gasteiger partial charge on any atom is 0.257 e. The first-order chi connectivity index (χ1) is 12.6. The van der Waals surface area contributed by atoms with Gasteiger partial charge in [-0.3, -0.25) is 14.7 Å². The smallest absolute Gasteiger partial charge is 0.257 e. The predicted molar refractivity (Wildman–Crippen MR) is 98.1 cm³/mol. The van der Waals surface area contributed by atoms with E-state index in [1.165, 1.54) is 0 Å². The summed E-state index contributed by atoms with van der Waals surface area (Å²) in [5, 5.41) is 8.94. The van der Waals surface area contributed by atoms with Gasteiger partial charge in [-0.2, -0.15) is 5.10 Å². The lowest BCUT2D eigenvalue weighted by molar-refractivity contribution is 0.0633. The van der Waals surface area contributed by atoms with Crippen molar-refractivity contribution in [2.75, 3.05) is 13.1 Å². The first-order valence-corrected chi connectivity index (χ1v) is 9.41. The van der Waals surface area contributed by atoms with Crippen molar-refractivity contribution in [3.8, 4) is 10.6 Å². The minimum Gasteiger partial charge on any atom is -0.338 e. The molecule has 1 aliphatic heterocycles. The number of hydrogen-bond donors (Lipinski definition) is 1. The average Bonchev–Trinajstić information content (AvgIpc) is 3.41. The molecule has 26 heavy (non-hydrogen) atoms. The molecule has 4 rings (SSSR count). The number of carbonyl (C=O) groups is 2. The van der Waals surface area contributed by atoms with E-state index in [1.54, 1.807) is 39.4 Å². The Kier molecular flexibility index (Phi) is 4.42. The molecular formula is C18H19N5O2S. The van der Waals surface area contributed by atoms with Gasteiger partial charge in [0.05, 0.1) is 22.3 Å². The topological polar surface area (TPSA) is 83.9 Å². The van der Waals surface area contributed by atoms with E-state index in [0.29, 0.717) is 24.5 Å². The van der Waals surface area contributed by atoms with E-state index in [9.17, 15) is 9.59 Å². The number of Topliss-reactive ketones (excluding diaryl/α,β-unsaturated/α-hetero) is 1. The van der Waals surface area contributed by atoms with Crippen molar-refractivity contribution in [3.63, 3.8) is 0 Å². The highest BCUT2D eigenvalue weighted by atomic mass is 32.1. The van der Waals surface area contributed by atoms with Crippen molar-refractivity contribution >= 4 is 23.0 Å². The van der Waals surface area contributed by atoms with E-state index >= 15 is 0 Å². The zero-order valence-electron chi connectivity index (χ0n) is 14.4. The number of H-pyrrole nitrogens is 1. The number of aromatic amines is 1. The van der Waals surface area contributed by atoms with Crippen molar-refractivity contribution < 1.29 is 9.59 Å². The zero-order chi connectivity index (χ0) is 18.1. The fraction of sp³-hybridized carbons (Fsp3) is 0.333. The number of aromatic nitrogens is 4. The monoisotopic (exact) mass is 369 g/mol. The van der Waals surface area contributed by atoms with Crippen molar-refractivity contribution in [3.05, 3.63) is 47.5 Å². The predicted octanol–water partition coefficient (Wildman–Crippen LogP) is 2.61. The molecule has 7 nitrogen and oxygen atoms in total. The number of nitrogens with one attached hydrogen (secondary N) is 1. The van der Waals surface area contributed by atoms with Gasteiger partial charge in [-0.1, -0.05) is 6.07 Å². The van der Waals surface area contributed by atoms with Crippen LogP contribution in [0.4, 0.5) is 0 Å². The van der Waals surface area contributed by atoms with Gasteiger partial charge < -0.3 is 9.47 Å². The van der Waals surface area contributed by atoms with Gasteiger partial charge >= 0.3 is 0 Å². The highest BCUT2D eigenvalue weighted by Gasteiger charge is 2.32. The number of rotatable bonds is 4. The Balaban J connectivity index is 1.54.